The van der Waals surface area contributed by atoms with E-state index in [2.05, 4.69) is 24.3 Å². The zero-order chi connectivity index (χ0) is 19.9. The van der Waals surface area contributed by atoms with E-state index in [1.165, 1.54) is 11.1 Å². The summed E-state index contributed by atoms with van der Waals surface area (Å²) in [6, 6.07) is 14.3. The number of hydrogen-bond donors (Lipinski definition) is 0. The van der Waals surface area contributed by atoms with Crippen molar-refractivity contribution in [2.45, 2.75) is 39.7 Å². The Morgan fingerprint density at radius 2 is 1.68 bits per heavy atom. The molecular formula is C24H28N2O2. The Hall–Kier alpha value is -2.62. The lowest BCUT2D eigenvalue weighted by Crippen LogP contribution is -2.50. The van der Waals surface area contributed by atoms with Gasteiger partial charge < -0.3 is 9.80 Å². The Morgan fingerprint density at radius 1 is 1.00 bits per heavy atom. The minimum atomic E-state index is -0.388. The summed E-state index contributed by atoms with van der Waals surface area (Å²) in [7, 11) is 1.90. The van der Waals surface area contributed by atoms with Crippen LogP contribution in [0.25, 0.3) is 0 Å². The molecule has 0 radical (unpaired) electrons. The van der Waals surface area contributed by atoms with Crippen LogP contribution in [-0.4, -0.2) is 41.8 Å². The van der Waals surface area contributed by atoms with E-state index in [9.17, 15) is 9.59 Å². The van der Waals surface area contributed by atoms with Crippen LogP contribution < -0.4 is 0 Å². The van der Waals surface area contributed by atoms with Crippen LogP contribution in [0.3, 0.4) is 0 Å². The zero-order valence-corrected chi connectivity index (χ0v) is 17.0. The van der Waals surface area contributed by atoms with Gasteiger partial charge in [0.1, 0.15) is 0 Å². The molecule has 1 fully saturated rings. The molecule has 2 aliphatic heterocycles. The fourth-order valence-corrected chi connectivity index (χ4v) is 4.81. The Bertz CT molecular complexity index is 926. The summed E-state index contributed by atoms with van der Waals surface area (Å²) in [5.74, 6) is 0.310. The first kappa shape index (κ1) is 18.7. The highest BCUT2D eigenvalue weighted by molar-refractivity contribution is 5.96. The van der Waals surface area contributed by atoms with Crippen molar-refractivity contribution < 1.29 is 9.59 Å². The van der Waals surface area contributed by atoms with Crippen molar-refractivity contribution in [1.29, 1.82) is 0 Å². The van der Waals surface area contributed by atoms with Gasteiger partial charge in [-0.1, -0.05) is 42.0 Å². The third kappa shape index (κ3) is 3.21. The first-order valence-electron chi connectivity index (χ1n) is 10.1. The minimum absolute atomic E-state index is 0.0853. The van der Waals surface area contributed by atoms with Crippen molar-refractivity contribution in [2.24, 2.45) is 5.41 Å². The van der Waals surface area contributed by atoms with Crippen molar-refractivity contribution in [3.63, 3.8) is 0 Å². The summed E-state index contributed by atoms with van der Waals surface area (Å²) in [4.78, 5) is 30.1. The number of rotatable bonds is 1. The summed E-state index contributed by atoms with van der Waals surface area (Å²) in [5, 5.41) is 0. The first-order chi connectivity index (χ1) is 13.4. The van der Waals surface area contributed by atoms with E-state index in [0.29, 0.717) is 19.6 Å². The number of carbonyl (C=O) groups is 2. The van der Waals surface area contributed by atoms with Crippen molar-refractivity contribution >= 4 is 11.8 Å². The third-order valence-electron chi connectivity index (χ3n) is 6.48. The van der Waals surface area contributed by atoms with Crippen LogP contribution in [0.4, 0.5) is 0 Å². The zero-order valence-electron chi connectivity index (χ0n) is 17.0. The van der Waals surface area contributed by atoms with Gasteiger partial charge >= 0.3 is 0 Å². The number of piperidine rings is 1. The van der Waals surface area contributed by atoms with Crippen LogP contribution in [0.15, 0.2) is 42.5 Å². The number of aryl methyl sites for hydroxylation is 2. The maximum absolute atomic E-state index is 13.3. The van der Waals surface area contributed by atoms with E-state index in [-0.39, 0.29) is 17.2 Å². The Balaban J connectivity index is 1.55. The summed E-state index contributed by atoms with van der Waals surface area (Å²) in [6.45, 7) is 5.97. The highest BCUT2D eigenvalue weighted by atomic mass is 16.2. The van der Waals surface area contributed by atoms with Crippen LogP contribution in [0, 0.1) is 19.3 Å². The van der Waals surface area contributed by atoms with Crippen molar-refractivity contribution in [2.75, 3.05) is 20.1 Å². The van der Waals surface area contributed by atoms with Gasteiger partial charge in [-0.25, -0.2) is 0 Å². The second kappa shape index (κ2) is 7.08. The van der Waals surface area contributed by atoms with Crippen molar-refractivity contribution in [1.82, 2.24) is 9.80 Å². The van der Waals surface area contributed by atoms with Gasteiger partial charge in [-0.3, -0.25) is 9.59 Å². The molecule has 0 atom stereocenters. The topological polar surface area (TPSA) is 40.6 Å². The van der Waals surface area contributed by atoms with Crippen LogP contribution in [0.5, 0.6) is 0 Å². The lowest BCUT2D eigenvalue weighted by atomic mass is 9.73. The SMILES string of the molecule is Cc1ccc(C(=O)N2CCC3(CC2)Cc2ccccc2CN(C)C3=O)c(C)c1. The van der Waals surface area contributed by atoms with E-state index in [4.69, 9.17) is 0 Å². The lowest BCUT2D eigenvalue weighted by molar-refractivity contribution is -0.143. The molecule has 4 heteroatoms. The normalized spacial score (nSPS) is 18.8. The van der Waals surface area contributed by atoms with Gasteiger partial charge in [0.2, 0.25) is 5.91 Å². The van der Waals surface area contributed by atoms with E-state index >= 15 is 0 Å². The largest absolute Gasteiger partial charge is 0.341 e. The molecule has 2 aliphatic rings. The number of hydrogen-bond acceptors (Lipinski definition) is 2. The fourth-order valence-electron chi connectivity index (χ4n) is 4.81. The molecule has 0 unspecified atom stereocenters. The number of nitrogens with zero attached hydrogens (tertiary/aromatic N) is 2. The number of benzene rings is 2. The van der Waals surface area contributed by atoms with E-state index in [1.54, 1.807) is 0 Å². The summed E-state index contributed by atoms with van der Waals surface area (Å²) in [6.07, 6.45) is 2.22. The van der Waals surface area contributed by atoms with Crippen molar-refractivity contribution in [3.8, 4) is 0 Å². The van der Waals surface area contributed by atoms with Gasteiger partial charge in [0, 0.05) is 32.2 Å². The van der Waals surface area contributed by atoms with Crippen molar-refractivity contribution in [3.05, 3.63) is 70.3 Å². The molecular weight excluding hydrogens is 348 g/mol. The smallest absolute Gasteiger partial charge is 0.254 e. The molecule has 2 aromatic rings. The third-order valence-corrected chi connectivity index (χ3v) is 6.48. The van der Waals surface area contributed by atoms with Crippen LogP contribution in [0.2, 0.25) is 0 Å². The van der Waals surface area contributed by atoms with Gasteiger partial charge in [-0.2, -0.15) is 0 Å². The first-order valence-corrected chi connectivity index (χ1v) is 10.1. The highest BCUT2D eigenvalue weighted by Gasteiger charge is 2.45. The second-order valence-corrected chi connectivity index (χ2v) is 8.50. The Morgan fingerprint density at radius 3 is 2.36 bits per heavy atom. The maximum atomic E-state index is 13.3. The van der Waals surface area contributed by atoms with Crippen LogP contribution >= 0.6 is 0 Å². The highest BCUT2D eigenvalue weighted by Crippen LogP contribution is 2.40. The van der Waals surface area contributed by atoms with Gasteiger partial charge in [0.15, 0.2) is 0 Å². The quantitative estimate of drug-likeness (QED) is 0.761. The number of amides is 2. The average molecular weight is 377 g/mol. The van der Waals surface area contributed by atoms with E-state index in [1.807, 2.05) is 48.9 Å². The summed E-state index contributed by atoms with van der Waals surface area (Å²) in [5.41, 5.74) is 5.08. The second-order valence-electron chi connectivity index (χ2n) is 8.50. The van der Waals surface area contributed by atoms with Crippen LogP contribution in [-0.2, 0) is 17.8 Å². The lowest BCUT2D eigenvalue weighted by Gasteiger charge is -2.41. The molecule has 4 nitrogen and oxygen atoms in total. The van der Waals surface area contributed by atoms with Gasteiger partial charge in [-0.05, 0) is 55.9 Å². The number of likely N-dealkylation sites (tertiary alicyclic amines) is 1. The van der Waals surface area contributed by atoms with Gasteiger partial charge in [0.05, 0.1) is 5.41 Å². The summed E-state index contributed by atoms with van der Waals surface area (Å²) < 4.78 is 0. The molecule has 0 aromatic heterocycles. The van der Waals surface area contributed by atoms with Gasteiger partial charge in [-0.15, -0.1) is 0 Å². The molecule has 146 valence electrons. The molecule has 2 amide bonds. The molecule has 4 rings (SSSR count). The Labute approximate surface area is 167 Å². The number of fused-ring (bicyclic) bond motifs is 1. The van der Waals surface area contributed by atoms with E-state index in [0.717, 1.165) is 36.0 Å². The molecule has 1 saturated heterocycles. The standard InChI is InChI=1S/C24H28N2O2/c1-17-8-9-21(18(2)14-17)22(27)26-12-10-24(11-13-26)15-19-6-4-5-7-20(19)16-25(3)23(24)28/h4-9,14H,10-13,15-16H2,1-3H3. The molecule has 2 heterocycles. The van der Waals surface area contributed by atoms with Gasteiger partial charge in [0.25, 0.3) is 5.91 Å². The molecule has 0 saturated carbocycles. The summed E-state index contributed by atoms with van der Waals surface area (Å²) >= 11 is 0. The minimum Gasteiger partial charge on any atom is -0.341 e. The monoisotopic (exact) mass is 376 g/mol. The molecule has 0 N–H and O–H groups in total. The fraction of sp³-hybridized carbons (Fsp3) is 0.417. The molecule has 28 heavy (non-hydrogen) atoms. The van der Waals surface area contributed by atoms with E-state index < -0.39 is 0 Å². The predicted molar refractivity (Wildman–Crippen MR) is 110 cm³/mol. The van der Waals surface area contributed by atoms with Crippen LogP contribution in [0.1, 0.15) is 45.5 Å². The molecule has 2 aromatic carbocycles. The maximum Gasteiger partial charge on any atom is 0.254 e. The molecule has 1 spiro atoms. The molecule has 0 bridgehead atoms. The number of carbonyl (C=O) groups excluding carboxylic acids is 2. The average Bonchev–Trinajstić information content (AvgIpc) is 2.78. The predicted octanol–water partition coefficient (Wildman–Crippen LogP) is 3.74. The Kier molecular flexibility index (Phi) is 4.74. The molecule has 0 aliphatic carbocycles.